The molecule has 0 radical (unpaired) electrons. The number of carboxylic acid groups (broad SMARTS) is 2. The van der Waals surface area contributed by atoms with Gasteiger partial charge in [-0.25, -0.2) is 4.79 Å². The maximum Gasteiger partial charge on any atom is 0.326 e. The number of hydrogen-bond acceptors (Lipinski definition) is 20. The van der Waals surface area contributed by atoms with Crippen molar-refractivity contribution in [3.63, 3.8) is 0 Å². The molecular formula is C40H67N9O21. The second kappa shape index (κ2) is 29.5. The van der Waals surface area contributed by atoms with Gasteiger partial charge >= 0.3 is 11.9 Å². The van der Waals surface area contributed by atoms with Crippen LogP contribution in [-0.2, 0) is 66.9 Å². The number of carbonyl (C=O) groups is 10. The van der Waals surface area contributed by atoms with Crippen LogP contribution in [0.1, 0.15) is 66.7 Å². The van der Waals surface area contributed by atoms with Crippen LogP contribution in [0.25, 0.3) is 0 Å². The minimum atomic E-state index is -1.91. The second-order valence-corrected chi connectivity index (χ2v) is 16.4. The lowest BCUT2D eigenvalue weighted by Crippen LogP contribution is -2.70. The normalized spacial score (nSPS) is 26.3. The van der Waals surface area contributed by atoms with Gasteiger partial charge in [-0.15, -0.1) is 0 Å². The van der Waals surface area contributed by atoms with Gasteiger partial charge in [0.15, 0.2) is 12.6 Å². The highest BCUT2D eigenvalue weighted by atomic mass is 16.7. The summed E-state index contributed by atoms with van der Waals surface area (Å²) in [5.74, 6) is -9.28. The van der Waals surface area contributed by atoms with E-state index in [0.717, 1.165) is 13.8 Å². The van der Waals surface area contributed by atoms with Gasteiger partial charge in [-0.3, -0.25) is 43.2 Å². The van der Waals surface area contributed by atoms with Crippen LogP contribution in [0, 0.1) is 0 Å². The molecule has 2 rings (SSSR count). The van der Waals surface area contributed by atoms with E-state index in [1.165, 1.54) is 20.8 Å². The van der Waals surface area contributed by atoms with E-state index in [1.54, 1.807) is 0 Å². The first-order valence-corrected chi connectivity index (χ1v) is 22.2. The lowest BCUT2D eigenvalue weighted by molar-refractivity contribution is -0.333. The van der Waals surface area contributed by atoms with Gasteiger partial charge in [-0.1, -0.05) is 0 Å². The summed E-state index contributed by atoms with van der Waals surface area (Å²) in [6.45, 7) is 3.44. The van der Waals surface area contributed by atoms with Crippen LogP contribution >= 0.6 is 0 Å². The molecule has 15 atom stereocenters. The van der Waals surface area contributed by atoms with E-state index < -0.39 is 177 Å². The first kappa shape index (κ1) is 60.4. The number of unbranched alkanes of at least 4 members (excludes halogenated alkanes) is 1. The molecule has 0 aromatic rings. The maximum atomic E-state index is 13.5. The zero-order valence-electron chi connectivity index (χ0n) is 39.2. The Morgan fingerprint density at radius 3 is 1.81 bits per heavy atom. The number of carboxylic acids is 2. The Labute approximate surface area is 400 Å². The summed E-state index contributed by atoms with van der Waals surface area (Å²) in [6.07, 6.45) is -15.6. The molecule has 2 aliphatic rings. The highest BCUT2D eigenvalue weighted by Crippen LogP contribution is 2.31. The molecule has 30 heteroatoms. The van der Waals surface area contributed by atoms with Crippen LogP contribution in [0.4, 0.5) is 0 Å². The Morgan fingerprint density at radius 1 is 0.629 bits per heavy atom. The number of nitrogens with two attached hydrogens (primary N) is 1. The Hall–Kier alpha value is -5.70. The molecule has 0 aliphatic carbocycles. The van der Waals surface area contributed by atoms with E-state index in [0.29, 0.717) is 0 Å². The van der Waals surface area contributed by atoms with Gasteiger partial charge in [0.1, 0.15) is 79.0 Å². The highest BCUT2D eigenvalue weighted by molar-refractivity contribution is 5.92. The number of ether oxygens (including phenoxy) is 4. The van der Waals surface area contributed by atoms with Gasteiger partial charge in [0.2, 0.25) is 47.3 Å². The Bertz CT molecular complexity index is 1830. The number of rotatable bonds is 28. The summed E-state index contributed by atoms with van der Waals surface area (Å²) in [5, 5.41) is 90.1. The predicted molar refractivity (Wildman–Crippen MR) is 233 cm³/mol. The van der Waals surface area contributed by atoms with Crippen LogP contribution in [0.15, 0.2) is 0 Å². The molecule has 2 saturated heterocycles. The van der Waals surface area contributed by atoms with Crippen molar-refractivity contribution in [2.75, 3.05) is 32.8 Å². The number of amides is 8. The summed E-state index contributed by atoms with van der Waals surface area (Å²) in [7, 11) is 0. The van der Waals surface area contributed by atoms with Crippen LogP contribution in [0.2, 0.25) is 0 Å². The average molecular weight is 1010 g/mol. The number of carbonyl (C=O) groups excluding carboxylic acids is 8. The third kappa shape index (κ3) is 19.2. The van der Waals surface area contributed by atoms with Crippen molar-refractivity contribution >= 4 is 59.2 Å². The number of hydrogen-bond donors (Lipinski definition) is 16. The van der Waals surface area contributed by atoms with Crippen LogP contribution in [0.3, 0.4) is 0 Å². The fourth-order valence-corrected chi connectivity index (χ4v) is 6.97. The average Bonchev–Trinajstić information content (AvgIpc) is 3.29. The zero-order valence-corrected chi connectivity index (χ0v) is 39.2. The Kier molecular flexibility index (Phi) is 25.4. The monoisotopic (exact) mass is 1010 g/mol. The molecule has 0 spiro atoms. The molecule has 17 N–H and O–H groups in total. The van der Waals surface area contributed by atoms with Crippen LogP contribution in [0.5, 0.6) is 0 Å². The molecule has 398 valence electrons. The second-order valence-electron chi connectivity index (χ2n) is 16.4. The Balaban J connectivity index is 2.16. The summed E-state index contributed by atoms with van der Waals surface area (Å²) in [6, 6.07) is -8.94. The van der Waals surface area contributed by atoms with Crippen molar-refractivity contribution in [3.05, 3.63) is 0 Å². The van der Waals surface area contributed by atoms with E-state index >= 15 is 0 Å². The molecular weight excluding hydrogens is 942 g/mol. The first-order chi connectivity index (χ1) is 32.8. The fourth-order valence-electron chi connectivity index (χ4n) is 6.97. The molecule has 0 saturated carbocycles. The number of aliphatic hydroxyl groups is 5. The van der Waals surface area contributed by atoms with Gasteiger partial charge in [0, 0.05) is 26.8 Å². The maximum absolute atomic E-state index is 13.5. The molecule has 0 aromatic carbocycles. The molecule has 2 heterocycles. The third-order valence-corrected chi connectivity index (χ3v) is 10.8. The van der Waals surface area contributed by atoms with Gasteiger partial charge in [-0.2, -0.15) is 0 Å². The largest absolute Gasteiger partial charge is 0.480 e. The minimum absolute atomic E-state index is 0.0466. The van der Waals surface area contributed by atoms with E-state index in [2.05, 4.69) is 42.5 Å². The summed E-state index contributed by atoms with van der Waals surface area (Å²) < 4.78 is 23.1. The lowest BCUT2D eigenvalue weighted by Gasteiger charge is -2.48. The van der Waals surface area contributed by atoms with Crippen molar-refractivity contribution in [2.24, 2.45) is 5.73 Å². The fraction of sp³-hybridized carbons (Fsp3) is 0.750. The molecule has 8 amide bonds. The van der Waals surface area contributed by atoms with Gasteiger partial charge in [0.25, 0.3) is 0 Å². The smallest absolute Gasteiger partial charge is 0.326 e. The number of nitrogens with one attached hydrogen (secondary N) is 8. The van der Waals surface area contributed by atoms with Crippen molar-refractivity contribution in [1.29, 1.82) is 0 Å². The molecule has 30 nitrogen and oxygen atoms in total. The lowest BCUT2D eigenvalue weighted by atomic mass is 9.94. The highest BCUT2D eigenvalue weighted by Gasteiger charge is 2.53. The topological polar surface area (TPSA) is 471 Å². The van der Waals surface area contributed by atoms with Crippen molar-refractivity contribution in [1.82, 2.24) is 42.5 Å². The van der Waals surface area contributed by atoms with Crippen LogP contribution < -0.4 is 48.3 Å². The number of aliphatic hydroxyl groups excluding tert-OH is 5. The molecule has 0 aromatic heterocycles. The SMILES string of the molecule is CC(=O)NC1C(OC2C(CO)OC(O)C(NC(C)=O)C2OC(C)C(=O)NC(C)C(=O)NC(CCC(=O)NC(CCCCNC(=O)CNC(=O)CN)C(=O)NC(C)C(=O)O)C(=O)O)OC(CO)C(O)C1O. The first-order valence-electron chi connectivity index (χ1n) is 22.2. The van der Waals surface area contributed by atoms with Crippen molar-refractivity contribution in [3.8, 4) is 0 Å². The molecule has 2 aliphatic heterocycles. The van der Waals surface area contributed by atoms with Gasteiger partial charge < -0.3 is 103 Å². The van der Waals surface area contributed by atoms with E-state index in [4.69, 9.17) is 24.7 Å². The Morgan fingerprint density at radius 2 is 1.24 bits per heavy atom. The molecule has 15 unspecified atom stereocenters. The summed E-state index contributed by atoms with van der Waals surface area (Å²) in [4.78, 5) is 124. The van der Waals surface area contributed by atoms with Crippen molar-refractivity contribution < 1.29 is 103 Å². The molecule has 70 heavy (non-hydrogen) atoms. The number of aliphatic carboxylic acids is 2. The zero-order chi connectivity index (χ0) is 53.0. The minimum Gasteiger partial charge on any atom is -0.480 e. The van der Waals surface area contributed by atoms with Crippen LogP contribution in [-0.4, -0.2) is 219 Å². The van der Waals surface area contributed by atoms with Gasteiger partial charge in [0.05, 0.1) is 26.3 Å². The van der Waals surface area contributed by atoms with Gasteiger partial charge in [-0.05, 0) is 46.5 Å². The molecule has 2 fully saturated rings. The quantitative estimate of drug-likeness (QED) is 0.0324. The molecule has 0 bridgehead atoms. The van der Waals surface area contributed by atoms with E-state index in [-0.39, 0.29) is 38.9 Å². The van der Waals surface area contributed by atoms with E-state index in [9.17, 15) is 83.7 Å². The third-order valence-electron chi connectivity index (χ3n) is 10.8. The summed E-state index contributed by atoms with van der Waals surface area (Å²) in [5.41, 5.74) is 5.17. The summed E-state index contributed by atoms with van der Waals surface area (Å²) >= 11 is 0. The van der Waals surface area contributed by atoms with Crippen molar-refractivity contribution in [2.45, 2.75) is 158 Å². The standard InChI is InChI=1S/C40H67N9O21/c1-16(34(59)49-22(38(64)65)9-10-25(54)48-21(36(61)45-17(2)37(62)63)8-6-7-11-42-27(56)13-43-26(55)12-41)44-35(60)18(3)67-33-29(47-20(5)53)39(66)68-24(15-51)32(33)70-40-28(46-19(4)52)31(58)30(57)23(14-50)69-40/h16-18,21-24,28-33,39-40,50-51,57-58,66H,6-15,41H2,1-5H3,(H,42,56)(H,43,55)(H,44,60)(H,45,61)(H,46,52)(H,47,53)(H,48,54)(H,49,59)(H,62,63)(H,64,65). The predicted octanol–water partition coefficient (Wildman–Crippen LogP) is -8.41. The van der Waals surface area contributed by atoms with E-state index in [1.807, 2.05) is 0 Å².